The van der Waals surface area contributed by atoms with E-state index in [4.69, 9.17) is 9.47 Å². The Morgan fingerprint density at radius 1 is 1.33 bits per heavy atom. The molecule has 3 rings (SSSR count). The van der Waals surface area contributed by atoms with Gasteiger partial charge in [-0.1, -0.05) is 27.2 Å². The average molecular weight is 425 g/mol. The van der Waals surface area contributed by atoms with Gasteiger partial charge in [-0.15, -0.1) is 0 Å². The summed E-state index contributed by atoms with van der Waals surface area (Å²) in [5.74, 6) is -2.59. The molecule has 0 aromatic rings. The standard InChI is InChI=1S/C22H36N2O6/c1-6-8-11-23-18(26)17-22-10-9-21(5,30-22)16(20(28)29-7-2)15(22)19(27)24(17)14(12-25)13(3)4/h13-17,25H,6-12H2,1-5H3,(H,23,26)/t14-,15-,16-,17?,21+,22?/m0/s1. The van der Waals surface area contributed by atoms with Gasteiger partial charge in [-0.25, -0.2) is 0 Å². The topological polar surface area (TPSA) is 105 Å². The fraction of sp³-hybridized carbons (Fsp3) is 0.864. The molecule has 2 N–H and O–H groups in total. The fourth-order valence-corrected chi connectivity index (χ4v) is 5.72. The number of aliphatic hydroxyl groups is 1. The molecule has 3 fully saturated rings. The number of esters is 1. The maximum atomic E-state index is 13.7. The van der Waals surface area contributed by atoms with E-state index in [-0.39, 0.29) is 30.9 Å². The molecule has 2 unspecified atom stereocenters. The number of hydrogen-bond acceptors (Lipinski definition) is 6. The van der Waals surface area contributed by atoms with Crippen molar-refractivity contribution in [1.29, 1.82) is 0 Å². The summed E-state index contributed by atoms with van der Waals surface area (Å²) in [6.07, 6.45) is 2.87. The van der Waals surface area contributed by atoms with Gasteiger partial charge in [0.05, 0.1) is 30.8 Å². The fourth-order valence-electron chi connectivity index (χ4n) is 5.72. The third kappa shape index (κ3) is 3.32. The van der Waals surface area contributed by atoms with Crippen LogP contribution in [0.15, 0.2) is 0 Å². The Labute approximate surface area is 178 Å². The Kier molecular flexibility index (Phi) is 6.49. The molecule has 0 aliphatic carbocycles. The lowest BCUT2D eigenvalue weighted by molar-refractivity contribution is -0.160. The molecule has 1 spiro atoms. The highest BCUT2D eigenvalue weighted by molar-refractivity contribution is 5.98. The second-order valence-electron chi connectivity index (χ2n) is 9.36. The number of unbranched alkanes of at least 4 members (excludes halogenated alkanes) is 1. The zero-order chi connectivity index (χ0) is 22.3. The van der Waals surface area contributed by atoms with Crippen LogP contribution in [0.2, 0.25) is 0 Å². The molecule has 0 aromatic heterocycles. The van der Waals surface area contributed by atoms with E-state index in [2.05, 4.69) is 5.32 Å². The summed E-state index contributed by atoms with van der Waals surface area (Å²) < 4.78 is 11.8. The highest BCUT2D eigenvalue weighted by Gasteiger charge is 2.78. The molecule has 8 heteroatoms. The number of rotatable bonds is 9. The number of aliphatic hydroxyl groups excluding tert-OH is 1. The van der Waals surface area contributed by atoms with Crippen LogP contribution in [0.4, 0.5) is 0 Å². The van der Waals surface area contributed by atoms with Crippen molar-refractivity contribution in [3.05, 3.63) is 0 Å². The van der Waals surface area contributed by atoms with Gasteiger partial charge in [0.2, 0.25) is 11.8 Å². The van der Waals surface area contributed by atoms with Crippen molar-refractivity contribution in [1.82, 2.24) is 10.2 Å². The van der Waals surface area contributed by atoms with Crippen LogP contribution < -0.4 is 5.32 Å². The van der Waals surface area contributed by atoms with Gasteiger partial charge < -0.3 is 24.8 Å². The quantitative estimate of drug-likeness (QED) is 0.426. The van der Waals surface area contributed by atoms with Gasteiger partial charge in [0.15, 0.2) is 0 Å². The smallest absolute Gasteiger partial charge is 0.312 e. The van der Waals surface area contributed by atoms with E-state index in [1.807, 2.05) is 27.7 Å². The van der Waals surface area contributed by atoms with Crippen LogP contribution in [0.25, 0.3) is 0 Å². The summed E-state index contributed by atoms with van der Waals surface area (Å²) in [4.78, 5) is 41.5. The van der Waals surface area contributed by atoms with E-state index >= 15 is 0 Å². The molecule has 3 aliphatic rings. The summed E-state index contributed by atoms with van der Waals surface area (Å²) in [6.45, 7) is 9.91. The molecule has 2 amide bonds. The van der Waals surface area contributed by atoms with Crippen molar-refractivity contribution in [2.75, 3.05) is 19.8 Å². The molecule has 170 valence electrons. The number of ether oxygens (including phenoxy) is 2. The van der Waals surface area contributed by atoms with Crippen LogP contribution >= 0.6 is 0 Å². The van der Waals surface area contributed by atoms with Crippen LogP contribution in [-0.4, -0.2) is 70.8 Å². The third-order valence-electron chi connectivity index (χ3n) is 7.15. The lowest BCUT2D eigenvalue weighted by atomic mass is 9.66. The van der Waals surface area contributed by atoms with Gasteiger partial charge in [0.25, 0.3) is 0 Å². The highest BCUT2D eigenvalue weighted by atomic mass is 16.6. The number of nitrogens with zero attached hydrogens (tertiary/aromatic N) is 1. The van der Waals surface area contributed by atoms with Crippen molar-refractivity contribution in [2.24, 2.45) is 17.8 Å². The number of hydrogen-bond donors (Lipinski definition) is 2. The molecule has 3 heterocycles. The molecule has 0 aromatic carbocycles. The van der Waals surface area contributed by atoms with E-state index in [0.717, 1.165) is 12.8 Å². The lowest BCUT2D eigenvalue weighted by Crippen LogP contribution is -2.59. The zero-order valence-corrected chi connectivity index (χ0v) is 18.8. The van der Waals surface area contributed by atoms with Crippen LogP contribution in [0.5, 0.6) is 0 Å². The average Bonchev–Trinajstić information content (AvgIpc) is 3.24. The van der Waals surface area contributed by atoms with E-state index in [0.29, 0.717) is 19.4 Å². The Bertz CT molecular complexity index is 697. The van der Waals surface area contributed by atoms with Crippen LogP contribution in [0, 0.1) is 17.8 Å². The Morgan fingerprint density at radius 3 is 2.60 bits per heavy atom. The second kappa shape index (κ2) is 8.46. The van der Waals surface area contributed by atoms with Crippen molar-refractivity contribution in [3.63, 3.8) is 0 Å². The highest BCUT2D eigenvalue weighted by Crippen LogP contribution is 2.63. The van der Waals surface area contributed by atoms with E-state index in [9.17, 15) is 19.5 Å². The number of carbonyl (C=O) groups is 3. The molecule has 3 aliphatic heterocycles. The number of amides is 2. The molecular weight excluding hydrogens is 388 g/mol. The third-order valence-corrected chi connectivity index (χ3v) is 7.15. The monoisotopic (exact) mass is 424 g/mol. The van der Waals surface area contributed by atoms with E-state index in [1.165, 1.54) is 4.90 Å². The Hall–Kier alpha value is -1.67. The molecule has 30 heavy (non-hydrogen) atoms. The molecular formula is C22H36N2O6. The van der Waals surface area contributed by atoms with Crippen molar-refractivity contribution in [3.8, 4) is 0 Å². The molecule has 0 saturated carbocycles. The Morgan fingerprint density at radius 2 is 2.03 bits per heavy atom. The van der Waals surface area contributed by atoms with Crippen LogP contribution in [0.1, 0.15) is 60.3 Å². The minimum atomic E-state index is -1.07. The van der Waals surface area contributed by atoms with Gasteiger partial charge in [-0.3, -0.25) is 14.4 Å². The van der Waals surface area contributed by atoms with E-state index < -0.39 is 41.1 Å². The van der Waals surface area contributed by atoms with Gasteiger partial charge in [0, 0.05) is 6.54 Å². The van der Waals surface area contributed by atoms with E-state index in [1.54, 1.807) is 6.92 Å². The first-order valence-corrected chi connectivity index (χ1v) is 11.3. The number of likely N-dealkylation sites (tertiary alicyclic amines) is 1. The SMILES string of the molecule is CCCCNC(=O)C1N([C@@H](CO)C(C)C)C(=O)[C@@H]2[C@@H](C(=O)OCC)[C@@]3(C)CCC12O3. The predicted molar refractivity (Wildman–Crippen MR) is 109 cm³/mol. The first kappa shape index (κ1) is 23.0. The summed E-state index contributed by atoms with van der Waals surface area (Å²) in [6, 6.07) is -1.40. The van der Waals surface area contributed by atoms with Crippen molar-refractivity contribution >= 4 is 17.8 Å². The molecule has 6 atom stereocenters. The van der Waals surface area contributed by atoms with Gasteiger partial charge in [0.1, 0.15) is 17.6 Å². The Balaban J connectivity index is 2.05. The van der Waals surface area contributed by atoms with Gasteiger partial charge in [-0.2, -0.15) is 0 Å². The summed E-state index contributed by atoms with van der Waals surface area (Å²) in [5, 5.41) is 13.0. The summed E-state index contributed by atoms with van der Waals surface area (Å²) >= 11 is 0. The maximum Gasteiger partial charge on any atom is 0.312 e. The van der Waals surface area contributed by atoms with Crippen molar-refractivity contribution in [2.45, 2.75) is 83.6 Å². The summed E-state index contributed by atoms with van der Waals surface area (Å²) in [7, 11) is 0. The minimum absolute atomic E-state index is 0.0612. The zero-order valence-electron chi connectivity index (χ0n) is 18.8. The van der Waals surface area contributed by atoms with Crippen LogP contribution in [0.3, 0.4) is 0 Å². The van der Waals surface area contributed by atoms with Crippen LogP contribution in [-0.2, 0) is 23.9 Å². The molecule has 8 nitrogen and oxygen atoms in total. The maximum absolute atomic E-state index is 13.7. The first-order valence-electron chi connectivity index (χ1n) is 11.3. The number of nitrogens with one attached hydrogen (secondary N) is 1. The van der Waals surface area contributed by atoms with Gasteiger partial charge in [-0.05, 0) is 39.0 Å². The summed E-state index contributed by atoms with van der Waals surface area (Å²) in [5.41, 5.74) is -1.89. The second-order valence-corrected chi connectivity index (χ2v) is 9.36. The molecule has 0 radical (unpaired) electrons. The first-order chi connectivity index (χ1) is 14.2. The number of fused-ring (bicyclic) bond motifs is 1. The minimum Gasteiger partial charge on any atom is -0.466 e. The molecule has 3 saturated heterocycles. The van der Waals surface area contributed by atoms with Crippen molar-refractivity contribution < 1.29 is 29.0 Å². The normalized spacial score (nSPS) is 35.6. The largest absolute Gasteiger partial charge is 0.466 e. The van der Waals surface area contributed by atoms with Gasteiger partial charge >= 0.3 is 5.97 Å². The predicted octanol–water partition coefficient (Wildman–Crippen LogP) is 1.25. The lowest BCUT2D eigenvalue weighted by Gasteiger charge is -2.38. The number of carbonyl (C=O) groups excluding carboxylic acids is 3. The molecule has 2 bridgehead atoms.